The average Bonchev–Trinajstić information content (AvgIpc) is 2.81. The van der Waals surface area contributed by atoms with Crippen LogP contribution in [0.15, 0.2) is 17.0 Å². The van der Waals surface area contributed by atoms with Crippen LogP contribution in [-0.2, 0) is 26.0 Å². The molecule has 0 bridgehead atoms. The maximum atomic E-state index is 12.6. The van der Waals surface area contributed by atoms with Crippen LogP contribution >= 0.6 is 0 Å². The highest BCUT2D eigenvalue weighted by atomic mass is 32.2. The smallest absolute Gasteiger partial charge is 0.255 e. The molecule has 0 radical (unpaired) electrons. The van der Waals surface area contributed by atoms with Crippen molar-refractivity contribution in [2.24, 2.45) is 0 Å². The molecule has 2 heterocycles. The lowest BCUT2D eigenvalue weighted by Gasteiger charge is -2.29. The van der Waals surface area contributed by atoms with Crippen molar-refractivity contribution in [2.45, 2.75) is 30.3 Å². The summed E-state index contributed by atoms with van der Waals surface area (Å²) in [5.41, 5.74) is 0.558. The Hall–Kier alpha value is -2.73. The van der Waals surface area contributed by atoms with Crippen molar-refractivity contribution in [3.8, 4) is 6.07 Å². The van der Waals surface area contributed by atoms with E-state index in [4.69, 9.17) is 5.26 Å². The van der Waals surface area contributed by atoms with Gasteiger partial charge in [-0.2, -0.15) is 5.26 Å². The van der Waals surface area contributed by atoms with Crippen LogP contribution in [-0.4, -0.2) is 43.3 Å². The maximum absolute atomic E-state index is 12.6. The van der Waals surface area contributed by atoms with Gasteiger partial charge < -0.3 is 4.90 Å². The number of nitrogens with zero attached hydrogens (tertiary/aromatic N) is 2. The molecule has 2 aliphatic heterocycles. The van der Waals surface area contributed by atoms with Crippen molar-refractivity contribution >= 4 is 27.6 Å². The topological polar surface area (TPSA) is 124 Å². The fraction of sp³-hybridized carbons (Fsp3) is 0.333. The number of sulfone groups is 1. The quantitative estimate of drug-likeness (QED) is 0.734. The number of piperidine rings is 1. The van der Waals surface area contributed by atoms with E-state index >= 15 is 0 Å². The molecule has 3 amide bonds. The fourth-order valence-electron chi connectivity index (χ4n) is 2.99. The van der Waals surface area contributed by atoms with Gasteiger partial charge in [-0.3, -0.25) is 19.7 Å². The number of imide groups is 1. The van der Waals surface area contributed by atoms with Crippen LogP contribution in [0.2, 0.25) is 0 Å². The molecule has 1 atom stereocenters. The van der Waals surface area contributed by atoms with Gasteiger partial charge in [-0.15, -0.1) is 0 Å². The minimum atomic E-state index is -3.62. The van der Waals surface area contributed by atoms with Gasteiger partial charge in [0.25, 0.3) is 5.91 Å². The molecule has 1 aromatic rings. The van der Waals surface area contributed by atoms with Crippen molar-refractivity contribution in [2.75, 3.05) is 6.26 Å². The molecule has 1 aromatic carbocycles. The first kappa shape index (κ1) is 16.1. The van der Waals surface area contributed by atoms with Crippen molar-refractivity contribution in [1.29, 1.82) is 5.26 Å². The Morgan fingerprint density at radius 1 is 1.29 bits per heavy atom. The Morgan fingerprint density at radius 2 is 2.00 bits per heavy atom. The number of hydrogen-bond donors (Lipinski definition) is 1. The fourth-order valence-corrected chi connectivity index (χ4v) is 3.85. The molecule has 1 saturated heterocycles. The molecule has 9 heteroatoms. The van der Waals surface area contributed by atoms with Crippen molar-refractivity contribution < 1.29 is 22.8 Å². The minimum Gasteiger partial charge on any atom is -0.322 e. The van der Waals surface area contributed by atoms with Gasteiger partial charge in [-0.1, -0.05) is 0 Å². The van der Waals surface area contributed by atoms with Crippen LogP contribution in [0.5, 0.6) is 0 Å². The third-order valence-electron chi connectivity index (χ3n) is 4.14. The average molecular weight is 347 g/mol. The summed E-state index contributed by atoms with van der Waals surface area (Å²) >= 11 is 0. The van der Waals surface area contributed by atoms with Crippen molar-refractivity contribution in [3.05, 3.63) is 28.8 Å². The summed E-state index contributed by atoms with van der Waals surface area (Å²) < 4.78 is 23.6. The van der Waals surface area contributed by atoms with Gasteiger partial charge in [0.15, 0.2) is 9.84 Å². The van der Waals surface area contributed by atoms with Crippen LogP contribution in [0, 0.1) is 11.3 Å². The van der Waals surface area contributed by atoms with E-state index in [9.17, 15) is 22.8 Å². The number of nitriles is 1. The number of benzene rings is 1. The monoisotopic (exact) mass is 347 g/mol. The van der Waals surface area contributed by atoms with Gasteiger partial charge in [-0.05, 0) is 24.1 Å². The first-order valence-corrected chi connectivity index (χ1v) is 9.03. The molecule has 8 nitrogen and oxygen atoms in total. The molecule has 0 aromatic heterocycles. The predicted octanol–water partition coefficient (Wildman–Crippen LogP) is -0.277. The second kappa shape index (κ2) is 5.42. The highest BCUT2D eigenvalue weighted by molar-refractivity contribution is 7.90. The first-order chi connectivity index (χ1) is 11.2. The molecule has 1 unspecified atom stereocenters. The Morgan fingerprint density at radius 3 is 2.58 bits per heavy atom. The Balaban J connectivity index is 2.01. The summed E-state index contributed by atoms with van der Waals surface area (Å²) in [5.74, 6) is -1.38. The van der Waals surface area contributed by atoms with E-state index in [-0.39, 0.29) is 41.3 Å². The summed E-state index contributed by atoms with van der Waals surface area (Å²) in [7, 11) is -3.62. The summed E-state index contributed by atoms with van der Waals surface area (Å²) in [6, 6.07) is 3.57. The third-order valence-corrected chi connectivity index (χ3v) is 5.28. The maximum Gasteiger partial charge on any atom is 0.255 e. The second-order valence-electron chi connectivity index (χ2n) is 5.79. The van der Waals surface area contributed by atoms with E-state index in [1.54, 1.807) is 6.07 Å². The largest absolute Gasteiger partial charge is 0.322 e. The van der Waals surface area contributed by atoms with Crippen molar-refractivity contribution in [1.82, 2.24) is 10.2 Å². The highest BCUT2D eigenvalue weighted by Gasteiger charge is 2.39. The van der Waals surface area contributed by atoms with Crippen LogP contribution in [0.1, 0.15) is 34.3 Å². The molecule has 24 heavy (non-hydrogen) atoms. The van der Waals surface area contributed by atoms with E-state index in [1.165, 1.54) is 17.0 Å². The minimum absolute atomic E-state index is 0.0642. The van der Waals surface area contributed by atoms with E-state index in [0.29, 0.717) is 5.56 Å². The molecular formula is C15H13N3O5S. The van der Waals surface area contributed by atoms with Crippen molar-refractivity contribution in [3.63, 3.8) is 0 Å². The molecular weight excluding hydrogens is 334 g/mol. The number of fused-ring (bicyclic) bond motifs is 1. The number of hydrogen-bond acceptors (Lipinski definition) is 6. The zero-order chi connectivity index (χ0) is 17.6. The highest BCUT2D eigenvalue weighted by Crippen LogP contribution is 2.31. The van der Waals surface area contributed by atoms with E-state index in [2.05, 4.69) is 5.32 Å². The zero-order valence-electron chi connectivity index (χ0n) is 12.7. The lowest BCUT2D eigenvalue weighted by Crippen LogP contribution is -2.52. The predicted molar refractivity (Wildman–Crippen MR) is 80.3 cm³/mol. The number of amides is 3. The molecule has 1 fully saturated rings. The number of carbonyl (C=O) groups is 3. The lowest BCUT2D eigenvalue weighted by molar-refractivity contribution is -0.136. The third kappa shape index (κ3) is 2.55. The Labute approximate surface area is 138 Å². The van der Waals surface area contributed by atoms with Crippen LogP contribution < -0.4 is 5.32 Å². The molecule has 3 rings (SSSR count). The summed E-state index contributed by atoms with van der Waals surface area (Å²) in [5, 5.41) is 11.3. The number of rotatable bonds is 2. The SMILES string of the molecule is CS(=O)(=O)c1cc2c(cc1C#N)C(=O)N(C1CCC(=O)NC1=O)C2. The molecule has 124 valence electrons. The van der Waals surface area contributed by atoms with Gasteiger partial charge in [0.05, 0.1) is 10.5 Å². The zero-order valence-corrected chi connectivity index (χ0v) is 13.5. The number of carbonyl (C=O) groups excluding carboxylic acids is 3. The summed E-state index contributed by atoms with van der Waals surface area (Å²) in [6.07, 6.45) is 1.34. The van der Waals surface area contributed by atoms with Gasteiger partial charge in [0, 0.05) is 24.8 Å². The van der Waals surface area contributed by atoms with Gasteiger partial charge in [0.2, 0.25) is 11.8 Å². The Bertz CT molecular complexity index is 929. The standard InChI is InChI=1S/C15H13N3O5S/c1-24(22,23)12-5-9-7-18(11-2-3-13(19)17-14(11)20)15(21)10(9)4-8(12)6-16/h4-5,11H,2-3,7H2,1H3,(H,17,19,20). The molecule has 0 spiro atoms. The van der Waals surface area contributed by atoms with E-state index in [0.717, 1.165) is 6.26 Å². The molecule has 1 N–H and O–H groups in total. The van der Waals surface area contributed by atoms with E-state index < -0.39 is 27.7 Å². The van der Waals surface area contributed by atoms with E-state index in [1.807, 2.05) is 0 Å². The molecule has 0 aliphatic carbocycles. The first-order valence-electron chi connectivity index (χ1n) is 7.14. The van der Waals surface area contributed by atoms with Crippen LogP contribution in [0.3, 0.4) is 0 Å². The second-order valence-corrected chi connectivity index (χ2v) is 7.77. The lowest BCUT2D eigenvalue weighted by atomic mass is 10.0. The van der Waals surface area contributed by atoms with Gasteiger partial charge in [-0.25, -0.2) is 8.42 Å². The van der Waals surface area contributed by atoms with Gasteiger partial charge >= 0.3 is 0 Å². The Kier molecular flexibility index (Phi) is 3.64. The van der Waals surface area contributed by atoms with Crippen LogP contribution in [0.4, 0.5) is 0 Å². The van der Waals surface area contributed by atoms with Gasteiger partial charge in [0.1, 0.15) is 12.1 Å². The number of nitrogens with one attached hydrogen (secondary N) is 1. The molecule has 2 aliphatic rings. The summed E-state index contributed by atoms with van der Waals surface area (Å²) in [4.78, 5) is 36.9. The summed E-state index contributed by atoms with van der Waals surface area (Å²) in [6.45, 7) is 0.0642. The van der Waals surface area contributed by atoms with Crippen LogP contribution in [0.25, 0.3) is 0 Å². The molecule has 0 saturated carbocycles. The normalized spacial score (nSPS) is 20.6.